The van der Waals surface area contributed by atoms with Gasteiger partial charge in [0.15, 0.2) is 5.78 Å². The lowest BCUT2D eigenvalue weighted by Gasteiger charge is -2.12. The van der Waals surface area contributed by atoms with E-state index in [1.54, 1.807) is 13.8 Å². The lowest BCUT2D eigenvalue weighted by Crippen LogP contribution is -2.27. The summed E-state index contributed by atoms with van der Waals surface area (Å²) >= 11 is 0. The molecule has 0 spiro atoms. The highest BCUT2D eigenvalue weighted by atomic mass is 16.2. The highest BCUT2D eigenvalue weighted by molar-refractivity contribution is 6.09. The maximum Gasteiger partial charge on any atom is 0.152 e. The molecule has 0 aliphatic heterocycles. The zero-order chi connectivity index (χ0) is 14.8. The van der Waals surface area contributed by atoms with E-state index in [0.29, 0.717) is 6.29 Å². The fourth-order valence-corrected chi connectivity index (χ4v) is 3.94. The summed E-state index contributed by atoms with van der Waals surface area (Å²) in [6.45, 7) is 8.76. The smallest absolute Gasteiger partial charge is 0.152 e. The number of carbonyl (C=O) groups is 3. The van der Waals surface area contributed by atoms with Crippen LogP contribution in [0.4, 0.5) is 0 Å². The Hall–Kier alpha value is -1.50. The van der Waals surface area contributed by atoms with Crippen LogP contribution in [0.1, 0.15) is 34.6 Å². The molecule has 0 N–H and O–H groups in total. The summed E-state index contributed by atoms with van der Waals surface area (Å²) in [5.41, 5.74) is -2.23. The third kappa shape index (κ3) is 1.36. The van der Waals surface area contributed by atoms with Crippen molar-refractivity contribution in [3.63, 3.8) is 0 Å². The summed E-state index contributed by atoms with van der Waals surface area (Å²) in [5.74, 6) is -1.55. The standard InChI is InChI=1S/C15H19NO3/c1-8(18)10-11(13(10,2)3)12(19)15(7-17)9(6-16)14(15,4)5/h7,9-11H,1-5H3. The number of hydrogen-bond acceptors (Lipinski definition) is 4. The zero-order valence-corrected chi connectivity index (χ0v) is 12.0. The average molecular weight is 261 g/mol. The summed E-state index contributed by atoms with van der Waals surface area (Å²) in [7, 11) is 0. The van der Waals surface area contributed by atoms with Crippen molar-refractivity contribution in [3.05, 3.63) is 0 Å². The number of aldehydes is 1. The number of nitriles is 1. The molecule has 4 nitrogen and oxygen atoms in total. The summed E-state index contributed by atoms with van der Waals surface area (Å²) in [5, 5.41) is 9.14. The van der Waals surface area contributed by atoms with Crippen LogP contribution in [-0.4, -0.2) is 17.9 Å². The summed E-state index contributed by atoms with van der Waals surface area (Å²) < 4.78 is 0. The Labute approximate surface area is 113 Å². The van der Waals surface area contributed by atoms with Crippen LogP contribution in [0, 0.1) is 45.3 Å². The number of Topliss-reactive ketones (excluding diaryl/α,β-unsaturated/α-hetero) is 2. The third-order valence-electron chi connectivity index (χ3n) is 5.43. The molecule has 0 aromatic heterocycles. The van der Waals surface area contributed by atoms with Crippen LogP contribution in [0.3, 0.4) is 0 Å². The first-order valence-corrected chi connectivity index (χ1v) is 6.51. The highest BCUT2D eigenvalue weighted by Gasteiger charge is 2.80. The van der Waals surface area contributed by atoms with E-state index in [4.69, 9.17) is 5.26 Å². The molecule has 0 aromatic carbocycles. The van der Waals surface area contributed by atoms with Crippen LogP contribution in [0.25, 0.3) is 0 Å². The van der Waals surface area contributed by atoms with Gasteiger partial charge in [-0.25, -0.2) is 0 Å². The van der Waals surface area contributed by atoms with Gasteiger partial charge in [-0.3, -0.25) is 9.59 Å². The van der Waals surface area contributed by atoms with Gasteiger partial charge in [0.2, 0.25) is 0 Å². The maximum absolute atomic E-state index is 12.7. The second kappa shape index (κ2) is 3.53. The van der Waals surface area contributed by atoms with Crippen LogP contribution >= 0.6 is 0 Å². The van der Waals surface area contributed by atoms with Gasteiger partial charge in [0.1, 0.15) is 17.5 Å². The quantitative estimate of drug-likeness (QED) is 0.571. The maximum atomic E-state index is 12.7. The molecule has 0 heterocycles. The van der Waals surface area contributed by atoms with Gasteiger partial charge in [-0.1, -0.05) is 27.7 Å². The molecular formula is C15H19NO3. The number of carbonyl (C=O) groups excluding carboxylic acids is 3. The van der Waals surface area contributed by atoms with Gasteiger partial charge in [0, 0.05) is 17.3 Å². The molecule has 4 unspecified atom stereocenters. The molecule has 2 aliphatic rings. The first-order valence-electron chi connectivity index (χ1n) is 6.51. The summed E-state index contributed by atoms with van der Waals surface area (Å²) in [6, 6.07) is 2.07. The second-order valence-electron chi connectivity index (χ2n) is 7.02. The molecule has 19 heavy (non-hydrogen) atoms. The molecule has 4 atom stereocenters. The fourth-order valence-electron chi connectivity index (χ4n) is 3.94. The Kier molecular flexibility index (Phi) is 2.59. The highest BCUT2D eigenvalue weighted by Crippen LogP contribution is 2.72. The van der Waals surface area contributed by atoms with Gasteiger partial charge in [-0.2, -0.15) is 5.26 Å². The van der Waals surface area contributed by atoms with Crippen LogP contribution in [0.15, 0.2) is 0 Å². The Morgan fingerprint density at radius 2 is 1.68 bits per heavy atom. The SMILES string of the molecule is CC(=O)C1C(C(=O)C2(C=O)C(C#N)C2(C)C)C1(C)C. The minimum Gasteiger partial charge on any atom is -0.302 e. The van der Waals surface area contributed by atoms with E-state index in [0.717, 1.165) is 0 Å². The molecule has 2 rings (SSSR count). The van der Waals surface area contributed by atoms with Crippen molar-refractivity contribution in [2.75, 3.05) is 0 Å². The molecule has 102 valence electrons. The van der Waals surface area contributed by atoms with E-state index in [-0.39, 0.29) is 17.5 Å². The van der Waals surface area contributed by atoms with Gasteiger partial charge in [0.05, 0.1) is 12.0 Å². The molecular weight excluding hydrogens is 242 g/mol. The van der Waals surface area contributed by atoms with E-state index in [9.17, 15) is 14.4 Å². The van der Waals surface area contributed by atoms with Crippen molar-refractivity contribution in [3.8, 4) is 6.07 Å². The topological polar surface area (TPSA) is 75.0 Å². The Morgan fingerprint density at radius 1 is 1.16 bits per heavy atom. The van der Waals surface area contributed by atoms with Crippen molar-refractivity contribution in [1.82, 2.24) is 0 Å². The van der Waals surface area contributed by atoms with E-state index in [1.165, 1.54) is 6.92 Å². The van der Waals surface area contributed by atoms with E-state index >= 15 is 0 Å². The van der Waals surface area contributed by atoms with E-state index in [1.807, 2.05) is 13.8 Å². The lowest BCUT2D eigenvalue weighted by molar-refractivity contribution is -0.133. The van der Waals surface area contributed by atoms with Gasteiger partial charge < -0.3 is 4.79 Å². The minimum absolute atomic E-state index is 0.0173. The average Bonchev–Trinajstić information content (AvgIpc) is 3.04. The molecule has 0 saturated heterocycles. The van der Waals surface area contributed by atoms with Crippen molar-refractivity contribution < 1.29 is 14.4 Å². The largest absolute Gasteiger partial charge is 0.302 e. The van der Waals surface area contributed by atoms with Crippen LogP contribution < -0.4 is 0 Å². The molecule has 2 fully saturated rings. The lowest BCUT2D eigenvalue weighted by atomic mass is 9.87. The fraction of sp³-hybridized carbons (Fsp3) is 0.733. The summed E-state index contributed by atoms with van der Waals surface area (Å²) in [6.07, 6.45) is 0.634. The molecule has 0 amide bonds. The van der Waals surface area contributed by atoms with Gasteiger partial charge in [-0.05, 0) is 12.3 Å². The normalized spacial score (nSPS) is 40.9. The number of hydrogen-bond donors (Lipinski definition) is 0. The second-order valence-corrected chi connectivity index (χ2v) is 7.02. The van der Waals surface area contributed by atoms with Crippen molar-refractivity contribution >= 4 is 17.9 Å². The predicted octanol–water partition coefficient (Wildman–Crippen LogP) is 1.78. The van der Waals surface area contributed by atoms with E-state index in [2.05, 4.69) is 6.07 Å². The molecule has 0 radical (unpaired) electrons. The van der Waals surface area contributed by atoms with Crippen molar-refractivity contribution in [2.45, 2.75) is 34.6 Å². The van der Waals surface area contributed by atoms with Crippen molar-refractivity contribution in [2.24, 2.45) is 34.0 Å². The van der Waals surface area contributed by atoms with Crippen molar-refractivity contribution in [1.29, 1.82) is 5.26 Å². The predicted molar refractivity (Wildman–Crippen MR) is 67.8 cm³/mol. The monoisotopic (exact) mass is 261 g/mol. The minimum atomic E-state index is -1.21. The molecule has 2 saturated carbocycles. The molecule has 4 heteroatoms. The first kappa shape index (κ1) is 13.9. The van der Waals surface area contributed by atoms with Crippen LogP contribution in [0.5, 0.6) is 0 Å². The first-order chi connectivity index (χ1) is 8.60. The van der Waals surface area contributed by atoms with Gasteiger partial charge >= 0.3 is 0 Å². The zero-order valence-electron chi connectivity index (χ0n) is 12.0. The number of nitrogens with zero attached hydrogens (tertiary/aromatic N) is 1. The number of ketones is 2. The van der Waals surface area contributed by atoms with Gasteiger partial charge in [0.25, 0.3) is 0 Å². The van der Waals surface area contributed by atoms with E-state index < -0.39 is 28.1 Å². The van der Waals surface area contributed by atoms with Crippen LogP contribution in [0.2, 0.25) is 0 Å². The molecule has 0 bridgehead atoms. The molecule has 2 aliphatic carbocycles. The van der Waals surface area contributed by atoms with Crippen LogP contribution in [-0.2, 0) is 14.4 Å². The summed E-state index contributed by atoms with van der Waals surface area (Å²) in [4.78, 5) is 35.8. The van der Waals surface area contributed by atoms with Gasteiger partial charge in [-0.15, -0.1) is 0 Å². The molecule has 0 aromatic rings. The number of rotatable bonds is 4. The Balaban J connectivity index is 2.35. The Morgan fingerprint density at radius 3 is 1.95 bits per heavy atom. The Bertz CT molecular complexity index is 526. The third-order valence-corrected chi connectivity index (χ3v) is 5.43.